The van der Waals surface area contributed by atoms with Crippen molar-refractivity contribution < 1.29 is 24.6 Å². The van der Waals surface area contributed by atoms with Crippen LogP contribution < -0.4 is 4.90 Å². The zero-order valence-corrected chi connectivity index (χ0v) is 12.5. The summed E-state index contributed by atoms with van der Waals surface area (Å²) in [6, 6.07) is 5.59. The third-order valence-electron chi connectivity index (χ3n) is 3.96. The molecular formula is C16H19NO5. The van der Waals surface area contributed by atoms with E-state index < -0.39 is 29.7 Å². The van der Waals surface area contributed by atoms with E-state index in [1.54, 1.807) is 36.1 Å². The first-order valence-corrected chi connectivity index (χ1v) is 7.18. The minimum atomic E-state index is -1.22. The molecule has 2 N–H and O–H groups in total. The van der Waals surface area contributed by atoms with Crippen molar-refractivity contribution in [2.24, 2.45) is 11.8 Å². The third-order valence-corrected chi connectivity index (χ3v) is 3.96. The summed E-state index contributed by atoms with van der Waals surface area (Å²) in [7, 11) is 0. The number of rotatable bonds is 6. The molecule has 0 saturated carbocycles. The number of ketones is 1. The highest BCUT2D eigenvalue weighted by atomic mass is 16.4. The molecule has 118 valence electrons. The maximum absolute atomic E-state index is 12.2. The van der Waals surface area contributed by atoms with Gasteiger partial charge in [0.15, 0.2) is 11.8 Å². The lowest BCUT2D eigenvalue weighted by molar-refractivity contribution is -0.142. The van der Waals surface area contributed by atoms with E-state index >= 15 is 0 Å². The minimum Gasteiger partial charge on any atom is -0.481 e. The van der Waals surface area contributed by atoms with E-state index in [4.69, 9.17) is 5.11 Å². The summed E-state index contributed by atoms with van der Waals surface area (Å²) in [5.74, 6) is -3.03. The molecular weight excluding hydrogens is 286 g/mol. The first-order valence-electron chi connectivity index (χ1n) is 7.18. The number of anilines is 1. The quantitative estimate of drug-likeness (QED) is 0.779. The van der Waals surface area contributed by atoms with Crippen molar-refractivity contribution in [3.63, 3.8) is 0 Å². The van der Waals surface area contributed by atoms with E-state index in [2.05, 4.69) is 0 Å². The SMILES string of the molecule is C[C@H](C[C@@H](C)C(=O)O)CN1c2ccccc2C(=O)[C@H]1C(=O)O. The molecule has 0 aromatic heterocycles. The van der Waals surface area contributed by atoms with E-state index in [1.807, 2.05) is 6.92 Å². The molecule has 0 spiro atoms. The summed E-state index contributed by atoms with van der Waals surface area (Å²) in [5, 5.41) is 18.3. The van der Waals surface area contributed by atoms with Crippen LogP contribution in [0.5, 0.6) is 0 Å². The fourth-order valence-corrected chi connectivity index (χ4v) is 2.92. The molecule has 0 unspecified atom stereocenters. The summed E-state index contributed by atoms with van der Waals surface area (Å²) in [6.45, 7) is 3.82. The van der Waals surface area contributed by atoms with Gasteiger partial charge in [-0.15, -0.1) is 0 Å². The summed E-state index contributed by atoms with van der Waals surface area (Å²) >= 11 is 0. The van der Waals surface area contributed by atoms with Crippen LogP contribution in [0, 0.1) is 11.8 Å². The highest BCUT2D eigenvalue weighted by Gasteiger charge is 2.42. The summed E-state index contributed by atoms with van der Waals surface area (Å²) in [5.41, 5.74) is 1.02. The second-order valence-corrected chi connectivity index (χ2v) is 5.85. The number of fused-ring (bicyclic) bond motifs is 1. The van der Waals surface area contributed by atoms with Gasteiger partial charge in [0, 0.05) is 17.8 Å². The van der Waals surface area contributed by atoms with Crippen LogP contribution in [0.2, 0.25) is 0 Å². The normalized spacial score (nSPS) is 19.6. The van der Waals surface area contributed by atoms with Gasteiger partial charge >= 0.3 is 11.9 Å². The number of carboxylic acids is 2. The fourth-order valence-electron chi connectivity index (χ4n) is 2.92. The Kier molecular flexibility index (Phi) is 4.49. The van der Waals surface area contributed by atoms with Gasteiger partial charge in [-0.2, -0.15) is 0 Å². The number of carbonyl (C=O) groups is 3. The number of nitrogens with zero attached hydrogens (tertiary/aromatic N) is 1. The number of hydrogen-bond donors (Lipinski definition) is 2. The molecule has 1 aliphatic rings. The van der Waals surface area contributed by atoms with Gasteiger partial charge < -0.3 is 15.1 Å². The standard InChI is InChI=1S/C16H19NO5/c1-9(7-10(2)15(19)20)8-17-12-6-4-3-5-11(12)14(18)13(17)16(21)22/h3-6,9-10,13H,7-8H2,1-2H3,(H,19,20)(H,21,22)/t9-,10-,13+/m1/s1. The molecule has 0 radical (unpaired) electrons. The maximum atomic E-state index is 12.2. The van der Waals surface area contributed by atoms with Crippen LogP contribution in [-0.2, 0) is 9.59 Å². The molecule has 22 heavy (non-hydrogen) atoms. The molecule has 0 fully saturated rings. The maximum Gasteiger partial charge on any atom is 0.334 e. The van der Waals surface area contributed by atoms with Gasteiger partial charge in [-0.3, -0.25) is 9.59 Å². The lowest BCUT2D eigenvalue weighted by atomic mass is 9.96. The molecule has 0 saturated heterocycles. The predicted molar refractivity (Wildman–Crippen MR) is 80.1 cm³/mol. The van der Waals surface area contributed by atoms with E-state index in [0.29, 0.717) is 24.2 Å². The first kappa shape index (κ1) is 16.0. The van der Waals surface area contributed by atoms with E-state index in [-0.39, 0.29) is 5.92 Å². The molecule has 0 amide bonds. The number of Topliss-reactive ketones (excluding diaryl/α,β-unsaturated/α-hetero) is 1. The van der Waals surface area contributed by atoms with E-state index in [0.717, 1.165) is 0 Å². The topological polar surface area (TPSA) is 94.9 Å². The number of aliphatic carboxylic acids is 2. The molecule has 2 rings (SSSR count). The van der Waals surface area contributed by atoms with Gasteiger partial charge in [-0.1, -0.05) is 26.0 Å². The summed E-state index contributed by atoms with van der Waals surface area (Å²) < 4.78 is 0. The Morgan fingerprint density at radius 2 is 1.86 bits per heavy atom. The van der Waals surface area contributed by atoms with Gasteiger partial charge in [0.1, 0.15) is 0 Å². The van der Waals surface area contributed by atoms with Crippen LogP contribution in [0.4, 0.5) is 5.69 Å². The Morgan fingerprint density at radius 3 is 2.45 bits per heavy atom. The molecule has 0 aliphatic carbocycles. The van der Waals surface area contributed by atoms with Crippen molar-refractivity contribution in [3.8, 4) is 0 Å². The van der Waals surface area contributed by atoms with Gasteiger partial charge in [0.05, 0.1) is 5.92 Å². The van der Waals surface area contributed by atoms with Crippen molar-refractivity contribution in [2.75, 3.05) is 11.4 Å². The Balaban J connectivity index is 2.22. The Bertz CT molecular complexity index is 612. The van der Waals surface area contributed by atoms with Crippen LogP contribution in [0.1, 0.15) is 30.6 Å². The largest absolute Gasteiger partial charge is 0.481 e. The van der Waals surface area contributed by atoms with Crippen LogP contribution in [0.15, 0.2) is 24.3 Å². The van der Waals surface area contributed by atoms with E-state index in [9.17, 15) is 19.5 Å². The molecule has 6 heteroatoms. The number of benzene rings is 1. The van der Waals surface area contributed by atoms with E-state index in [1.165, 1.54) is 0 Å². The summed E-state index contributed by atoms with van der Waals surface area (Å²) in [6.07, 6.45) is 0.425. The monoisotopic (exact) mass is 305 g/mol. The molecule has 1 aromatic carbocycles. The third kappa shape index (κ3) is 2.95. The zero-order chi connectivity index (χ0) is 16.4. The number of para-hydroxylation sites is 1. The molecule has 1 heterocycles. The zero-order valence-electron chi connectivity index (χ0n) is 12.5. The summed E-state index contributed by atoms with van der Waals surface area (Å²) in [4.78, 5) is 36.2. The second-order valence-electron chi connectivity index (χ2n) is 5.85. The van der Waals surface area contributed by atoms with Crippen molar-refractivity contribution in [1.29, 1.82) is 0 Å². The van der Waals surface area contributed by atoms with Crippen molar-refractivity contribution in [1.82, 2.24) is 0 Å². The highest BCUT2D eigenvalue weighted by Crippen LogP contribution is 2.33. The van der Waals surface area contributed by atoms with Crippen LogP contribution in [0.25, 0.3) is 0 Å². The number of hydrogen-bond acceptors (Lipinski definition) is 4. The lowest BCUT2D eigenvalue weighted by Crippen LogP contribution is -2.44. The molecule has 1 aromatic rings. The number of carboxylic acid groups (broad SMARTS) is 2. The smallest absolute Gasteiger partial charge is 0.334 e. The van der Waals surface area contributed by atoms with Gasteiger partial charge in [0.2, 0.25) is 0 Å². The Morgan fingerprint density at radius 1 is 1.23 bits per heavy atom. The van der Waals surface area contributed by atoms with Gasteiger partial charge in [-0.05, 0) is 24.5 Å². The average Bonchev–Trinajstić information content (AvgIpc) is 2.72. The Labute approximate surface area is 128 Å². The van der Waals surface area contributed by atoms with Crippen molar-refractivity contribution >= 4 is 23.4 Å². The fraction of sp³-hybridized carbons (Fsp3) is 0.438. The second kappa shape index (κ2) is 6.17. The van der Waals surface area contributed by atoms with Crippen molar-refractivity contribution in [2.45, 2.75) is 26.3 Å². The van der Waals surface area contributed by atoms with Crippen LogP contribution in [0.3, 0.4) is 0 Å². The first-order chi connectivity index (χ1) is 10.3. The predicted octanol–water partition coefficient (Wildman–Crippen LogP) is 1.89. The van der Waals surface area contributed by atoms with Gasteiger partial charge in [0.25, 0.3) is 0 Å². The van der Waals surface area contributed by atoms with Crippen molar-refractivity contribution in [3.05, 3.63) is 29.8 Å². The molecule has 6 nitrogen and oxygen atoms in total. The van der Waals surface area contributed by atoms with Crippen LogP contribution in [-0.4, -0.2) is 40.5 Å². The average molecular weight is 305 g/mol. The molecule has 0 bridgehead atoms. The molecule has 1 aliphatic heterocycles. The van der Waals surface area contributed by atoms with Gasteiger partial charge in [-0.25, -0.2) is 4.79 Å². The Hall–Kier alpha value is -2.37. The minimum absolute atomic E-state index is 0.0492. The highest BCUT2D eigenvalue weighted by molar-refractivity contribution is 6.20. The number of carbonyl (C=O) groups excluding carboxylic acids is 1. The molecule has 3 atom stereocenters. The van der Waals surface area contributed by atoms with Crippen LogP contribution >= 0.6 is 0 Å². The lowest BCUT2D eigenvalue weighted by Gasteiger charge is -2.27.